The number of carbonyl (C=O) groups excluding carboxylic acids is 2. The molecule has 1 aromatic carbocycles. The van der Waals surface area contributed by atoms with Crippen molar-refractivity contribution >= 4 is 17.5 Å². The maximum atomic E-state index is 12.4. The van der Waals surface area contributed by atoms with Crippen LogP contribution in [0.2, 0.25) is 0 Å². The van der Waals surface area contributed by atoms with Crippen LogP contribution in [-0.4, -0.2) is 43.0 Å². The van der Waals surface area contributed by atoms with Crippen LogP contribution in [0.1, 0.15) is 30.7 Å². The Kier molecular flexibility index (Phi) is 5.30. The third-order valence-corrected chi connectivity index (χ3v) is 4.93. The zero-order chi connectivity index (χ0) is 16.9. The molecule has 0 spiro atoms. The Labute approximate surface area is 142 Å². The van der Waals surface area contributed by atoms with Crippen molar-refractivity contribution in [3.05, 3.63) is 42.5 Å². The molecule has 0 bridgehead atoms. The number of benzene rings is 1. The molecule has 2 saturated heterocycles. The number of nitrogens with one attached hydrogen (secondary N) is 1. The van der Waals surface area contributed by atoms with Crippen molar-refractivity contribution in [1.82, 2.24) is 4.90 Å². The zero-order valence-electron chi connectivity index (χ0n) is 13.9. The number of carbonyl (C=O) groups is 2. The minimum atomic E-state index is -0.0552. The fourth-order valence-corrected chi connectivity index (χ4v) is 3.37. The van der Waals surface area contributed by atoms with Crippen molar-refractivity contribution in [3.63, 3.8) is 0 Å². The second-order valence-corrected chi connectivity index (χ2v) is 6.48. The van der Waals surface area contributed by atoms with E-state index in [9.17, 15) is 9.59 Å². The van der Waals surface area contributed by atoms with E-state index in [4.69, 9.17) is 4.74 Å². The van der Waals surface area contributed by atoms with Crippen LogP contribution >= 0.6 is 0 Å². The standard InChI is InChI=1S/C19H24N2O3/c1-2-18(22)21-10-7-15(8-11-21)19(23)20-17-5-3-14(4-6-17)16-9-12-24-13-16/h2-6,15-16H,1,7-13H2,(H,20,23). The third-order valence-electron chi connectivity index (χ3n) is 4.93. The van der Waals surface area contributed by atoms with Crippen LogP contribution < -0.4 is 5.32 Å². The van der Waals surface area contributed by atoms with E-state index in [-0.39, 0.29) is 17.7 Å². The smallest absolute Gasteiger partial charge is 0.245 e. The Balaban J connectivity index is 1.51. The number of likely N-dealkylation sites (tertiary alicyclic amines) is 1. The van der Waals surface area contributed by atoms with Gasteiger partial charge in [0.1, 0.15) is 0 Å². The molecule has 1 unspecified atom stereocenters. The summed E-state index contributed by atoms with van der Waals surface area (Å²) in [5, 5.41) is 2.99. The topological polar surface area (TPSA) is 58.6 Å². The Morgan fingerprint density at radius 3 is 2.46 bits per heavy atom. The molecule has 1 N–H and O–H groups in total. The van der Waals surface area contributed by atoms with Crippen LogP contribution in [0.15, 0.2) is 36.9 Å². The second kappa shape index (κ2) is 7.62. The number of ether oxygens (including phenoxy) is 1. The number of nitrogens with zero attached hydrogens (tertiary/aromatic N) is 1. The highest BCUT2D eigenvalue weighted by Crippen LogP contribution is 2.26. The summed E-state index contributed by atoms with van der Waals surface area (Å²) >= 11 is 0. The molecule has 0 aliphatic carbocycles. The van der Waals surface area contributed by atoms with Crippen molar-refractivity contribution in [1.29, 1.82) is 0 Å². The van der Waals surface area contributed by atoms with E-state index in [1.165, 1.54) is 11.6 Å². The average molecular weight is 328 g/mol. The molecule has 24 heavy (non-hydrogen) atoms. The predicted octanol–water partition coefficient (Wildman–Crippen LogP) is 2.55. The first-order valence-electron chi connectivity index (χ1n) is 8.57. The molecule has 1 atom stereocenters. The minimum absolute atomic E-state index is 0.0395. The minimum Gasteiger partial charge on any atom is -0.381 e. The molecular weight excluding hydrogens is 304 g/mol. The molecule has 2 aliphatic heterocycles. The highest BCUT2D eigenvalue weighted by molar-refractivity contribution is 5.93. The van der Waals surface area contributed by atoms with Gasteiger partial charge in [0.05, 0.1) is 6.61 Å². The van der Waals surface area contributed by atoms with Gasteiger partial charge in [0.25, 0.3) is 0 Å². The molecule has 3 rings (SSSR count). The van der Waals surface area contributed by atoms with Crippen LogP contribution in [0.3, 0.4) is 0 Å². The van der Waals surface area contributed by atoms with Gasteiger partial charge >= 0.3 is 0 Å². The first-order chi connectivity index (χ1) is 11.7. The number of hydrogen-bond acceptors (Lipinski definition) is 3. The molecule has 0 aromatic heterocycles. The summed E-state index contributed by atoms with van der Waals surface area (Å²) in [6, 6.07) is 8.06. The van der Waals surface area contributed by atoms with E-state index in [2.05, 4.69) is 24.0 Å². The Bertz CT molecular complexity index is 598. The summed E-state index contributed by atoms with van der Waals surface area (Å²) in [5.41, 5.74) is 2.09. The van der Waals surface area contributed by atoms with Gasteiger partial charge in [-0.2, -0.15) is 0 Å². The van der Waals surface area contributed by atoms with Crippen molar-refractivity contribution in [2.24, 2.45) is 5.92 Å². The summed E-state index contributed by atoms with van der Waals surface area (Å²) in [6.07, 6.45) is 3.79. The lowest BCUT2D eigenvalue weighted by Gasteiger charge is -2.30. The molecule has 5 heteroatoms. The van der Waals surface area contributed by atoms with Crippen molar-refractivity contribution < 1.29 is 14.3 Å². The SMILES string of the molecule is C=CC(=O)N1CCC(C(=O)Nc2ccc(C3CCOC3)cc2)CC1. The molecule has 2 amide bonds. The summed E-state index contributed by atoms with van der Waals surface area (Å²) in [7, 11) is 0. The summed E-state index contributed by atoms with van der Waals surface area (Å²) in [4.78, 5) is 25.7. The van der Waals surface area contributed by atoms with Gasteiger partial charge in [0.15, 0.2) is 0 Å². The molecule has 0 radical (unpaired) electrons. The van der Waals surface area contributed by atoms with E-state index in [0.29, 0.717) is 31.8 Å². The second-order valence-electron chi connectivity index (χ2n) is 6.48. The fourth-order valence-electron chi connectivity index (χ4n) is 3.37. The fraction of sp³-hybridized carbons (Fsp3) is 0.474. The molecule has 2 heterocycles. The van der Waals surface area contributed by atoms with Crippen LogP contribution in [0, 0.1) is 5.92 Å². The van der Waals surface area contributed by atoms with E-state index in [1.54, 1.807) is 4.90 Å². The maximum Gasteiger partial charge on any atom is 0.245 e. The van der Waals surface area contributed by atoms with Gasteiger partial charge in [-0.25, -0.2) is 0 Å². The number of amides is 2. The van der Waals surface area contributed by atoms with Gasteiger partial charge in [0.2, 0.25) is 11.8 Å². The Hall–Kier alpha value is -2.14. The van der Waals surface area contributed by atoms with Crippen molar-refractivity contribution in [2.45, 2.75) is 25.2 Å². The Morgan fingerprint density at radius 2 is 1.88 bits per heavy atom. The third kappa shape index (κ3) is 3.85. The number of piperidine rings is 1. The first-order valence-corrected chi connectivity index (χ1v) is 8.57. The normalized spacial score (nSPS) is 21.5. The van der Waals surface area contributed by atoms with Gasteiger partial charge in [-0.15, -0.1) is 0 Å². The number of hydrogen-bond donors (Lipinski definition) is 1. The lowest BCUT2D eigenvalue weighted by molar-refractivity contribution is -0.130. The van der Waals surface area contributed by atoms with Crippen LogP contribution in [0.5, 0.6) is 0 Å². The van der Waals surface area contributed by atoms with E-state index in [1.807, 2.05) is 12.1 Å². The average Bonchev–Trinajstić information content (AvgIpc) is 3.16. The van der Waals surface area contributed by atoms with Gasteiger partial charge < -0.3 is 15.0 Å². The molecule has 0 saturated carbocycles. The Morgan fingerprint density at radius 1 is 1.17 bits per heavy atom. The van der Waals surface area contributed by atoms with E-state index < -0.39 is 0 Å². The molecule has 5 nitrogen and oxygen atoms in total. The summed E-state index contributed by atoms with van der Waals surface area (Å²) in [5.74, 6) is 0.418. The predicted molar refractivity (Wildman–Crippen MR) is 92.7 cm³/mol. The van der Waals surface area contributed by atoms with Crippen LogP contribution in [0.4, 0.5) is 5.69 Å². The van der Waals surface area contributed by atoms with Crippen LogP contribution in [-0.2, 0) is 14.3 Å². The molecule has 128 valence electrons. The van der Waals surface area contributed by atoms with E-state index in [0.717, 1.165) is 25.3 Å². The van der Waals surface area contributed by atoms with E-state index >= 15 is 0 Å². The highest BCUT2D eigenvalue weighted by atomic mass is 16.5. The van der Waals surface area contributed by atoms with Gasteiger partial charge in [0, 0.05) is 37.2 Å². The molecule has 1 aromatic rings. The zero-order valence-corrected chi connectivity index (χ0v) is 13.9. The number of anilines is 1. The number of rotatable bonds is 4. The summed E-state index contributed by atoms with van der Waals surface area (Å²) < 4.78 is 5.42. The van der Waals surface area contributed by atoms with Gasteiger partial charge in [-0.05, 0) is 43.0 Å². The lowest BCUT2D eigenvalue weighted by Crippen LogP contribution is -2.40. The highest BCUT2D eigenvalue weighted by Gasteiger charge is 2.26. The van der Waals surface area contributed by atoms with Crippen molar-refractivity contribution in [2.75, 3.05) is 31.6 Å². The molecule has 2 fully saturated rings. The summed E-state index contributed by atoms with van der Waals surface area (Å²) in [6.45, 7) is 6.35. The van der Waals surface area contributed by atoms with Crippen molar-refractivity contribution in [3.8, 4) is 0 Å². The first kappa shape index (κ1) is 16.7. The quantitative estimate of drug-likeness (QED) is 0.864. The molecular formula is C19H24N2O3. The lowest BCUT2D eigenvalue weighted by atomic mass is 9.95. The largest absolute Gasteiger partial charge is 0.381 e. The van der Waals surface area contributed by atoms with Gasteiger partial charge in [-0.1, -0.05) is 18.7 Å². The van der Waals surface area contributed by atoms with Gasteiger partial charge in [-0.3, -0.25) is 9.59 Å². The molecule has 2 aliphatic rings. The maximum absolute atomic E-state index is 12.4. The van der Waals surface area contributed by atoms with Crippen LogP contribution in [0.25, 0.3) is 0 Å². The monoisotopic (exact) mass is 328 g/mol.